The van der Waals surface area contributed by atoms with E-state index in [1.807, 2.05) is 0 Å². The predicted molar refractivity (Wildman–Crippen MR) is 77.6 cm³/mol. The van der Waals surface area contributed by atoms with Crippen molar-refractivity contribution >= 4 is 10.0 Å². The van der Waals surface area contributed by atoms with Gasteiger partial charge in [0.1, 0.15) is 0 Å². The topological polar surface area (TPSA) is 90.0 Å². The van der Waals surface area contributed by atoms with E-state index in [4.69, 9.17) is 5.73 Å². The number of hydrogen-bond donors (Lipinski definition) is 2. The molecule has 1 aromatic rings. The highest BCUT2D eigenvalue weighted by Crippen LogP contribution is 2.34. The molecular formula is C13H24N4O2S. The van der Waals surface area contributed by atoms with Crippen molar-refractivity contribution in [2.45, 2.75) is 49.6 Å². The SMILES string of the molecule is CCC1CCC(CN)(NS(=O)(=O)c2ccnn2C)CC1. The molecule has 0 saturated heterocycles. The molecule has 1 aliphatic rings. The summed E-state index contributed by atoms with van der Waals surface area (Å²) in [6.45, 7) is 2.51. The Morgan fingerprint density at radius 1 is 1.50 bits per heavy atom. The van der Waals surface area contributed by atoms with E-state index in [1.54, 1.807) is 7.05 Å². The minimum Gasteiger partial charge on any atom is -0.329 e. The predicted octanol–water partition coefficient (Wildman–Crippen LogP) is 0.996. The highest BCUT2D eigenvalue weighted by Gasteiger charge is 2.38. The number of nitrogens with one attached hydrogen (secondary N) is 1. The third-order valence-corrected chi connectivity index (χ3v) is 6.09. The summed E-state index contributed by atoms with van der Waals surface area (Å²) in [7, 11) is -1.95. The zero-order valence-corrected chi connectivity index (χ0v) is 13.0. The molecule has 0 aromatic carbocycles. The smallest absolute Gasteiger partial charge is 0.258 e. The fourth-order valence-corrected chi connectivity index (χ4v) is 4.55. The summed E-state index contributed by atoms with van der Waals surface area (Å²) in [5.41, 5.74) is 5.37. The Labute approximate surface area is 120 Å². The van der Waals surface area contributed by atoms with Gasteiger partial charge in [0, 0.05) is 19.1 Å². The minimum absolute atomic E-state index is 0.183. The van der Waals surface area contributed by atoms with Crippen LogP contribution in [0.3, 0.4) is 0 Å². The van der Waals surface area contributed by atoms with Crippen LogP contribution in [0.1, 0.15) is 39.0 Å². The fourth-order valence-electron chi connectivity index (χ4n) is 2.95. The van der Waals surface area contributed by atoms with E-state index < -0.39 is 15.6 Å². The molecule has 0 aliphatic heterocycles. The Balaban J connectivity index is 2.17. The summed E-state index contributed by atoms with van der Waals surface area (Å²) in [5.74, 6) is 0.691. The normalized spacial score (nSPS) is 27.6. The van der Waals surface area contributed by atoms with E-state index >= 15 is 0 Å². The Kier molecular flexibility index (Phi) is 4.51. The Morgan fingerprint density at radius 2 is 2.15 bits per heavy atom. The van der Waals surface area contributed by atoms with Gasteiger partial charge in [-0.25, -0.2) is 13.1 Å². The summed E-state index contributed by atoms with van der Waals surface area (Å²) in [6, 6.07) is 1.50. The van der Waals surface area contributed by atoms with Crippen LogP contribution in [0.5, 0.6) is 0 Å². The van der Waals surface area contributed by atoms with E-state index in [0.717, 1.165) is 32.1 Å². The molecular weight excluding hydrogens is 276 g/mol. The lowest BCUT2D eigenvalue weighted by molar-refractivity contribution is 0.217. The fraction of sp³-hybridized carbons (Fsp3) is 0.769. The van der Waals surface area contributed by atoms with E-state index in [-0.39, 0.29) is 5.03 Å². The highest BCUT2D eigenvalue weighted by atomic mass is 32.2. The molecule has 0 bridgehead atoms. The molecule has 0 amide bonds. The van der Waals surface area contributed by atoms with Crippen LogP contribution in [0.2, 0.25) is 0 Å². The van der Waals surface area contributed by atoms with Crippen molar-refractivity contribution in [1.29, 1.82) is 0 Å². The number of aromatic nitrogens is 2. The number of nitrogens with zero attached hydrogens (tertiary/aromatic N) is 2. The van der Waals surface area contributed by atoms with Gasteiger partial charge in [-0.3, -0.25) is 4.68 Å². The quantitative estimate of drug-likeness (QED) is 0.848. The van der Waals surface area contributed by atoms with Crippen molar-refractivity contribution in [2.24, 2.45) is 18.7 Å². The third kappa shape index (κ3) is 3.05. The van der Waals surface area contributed by atoms with Gasteiger partial charge in [0.15, 0.2) is 5.03 Å². The lowest BCUT2D eigenvalue weighted by atomic mass is 9.76. The van der Waals surface area contributed by atoms with E-state index in [9.17, 15) is 8.42 Å². The summed E-state index contributed by atoms with van der Waals surface area (Å²) < 4.78 is 29.1. The van der Waals surface area contributed by atoms with Crippen molar-refractivity contribution in [3.63, 3.8) is 0 Å². The van der Waals surface area contributed by atoms with Crippen molar-refractivity contribution in [3.8, 4) is 0 Å². The Morgan fingerprint density at radius 3 is 2.60 bits per heavy atom. The van der Waals surface area contributed by atoms with Crippen LogP contribution < -0.4 is 10.5 Å². The van der Waals surface area contributed by atoms with Crippen LogP contribution >= 0.6 is 0 Å². The Bertz CT molecular complexity index is 544. The minimum atomic E-state index is -3.57. The second kappa shape index (κ2) is 5.83. The van der Waals surface area contributed by atoms with Crippen molar-refractivity contribution < 1.29 is 8.42 Å². The third-order valence-electron chi connectivity index (χ3n) is 4.43. The van der Waals surface area contributed by atoms with Gasteiger partial charge in [-0.1, -0.05) is 13.3 Å². The number of aryl methyl sites for hydroxylation is 1. The van der Waals surface area contributed by atoms with Crippen LogP contribution in [-0.4, -0.2) is 30.3 Å². The standard InChI is InChI=1S/C13H24N4O2S/c1-3-11-4-7-13(10-14,8-5-11)16-20(18,19)12-6-9-15-17(12)2/h6,9,11,16H,3-5,7-8,10,14H2,1-2H3. The molecule has 1 saturated carbocycles. The average molecular weight is 300 g/mol. The summed E-state index contributed by atoms with van der Waals surface area (Å²) >= 11 is 0. The molecule has 0 radical (unpaired) electrons. The second-order valence-electron chi connectivity index (χ2n) is 5.73. The lowest BCUT2D eigenvalue weighted by Crippen LogP contribution is -2.55. The zero-order chi connectivity index (χ0) is 14.8. The van der Waals surface area contributed by atoms with E-state index in [1.165, 1.54) is 16.9 Å². The second-order valence-corrected chi connectivity index (χ2v) is 7.36. The molecule has 0 unspecified atom stereocenters. The summed E-state index contributed by atoms with van der Waals surface area (Å²) in [6.07, 6.45) is 6.30. The van der Waals surface area contributed by atoms with Crippen LogP contribution in [0.15, 0.2) is 17.3 Å². The van der Waals surface area contributed by atoms with Crippen LogP contribution in [-0.2, 0) is 17.1 Å². The number of sulfonamides is 1. The van der Waals surface area contributed by atoms with Gasteiger partial charge in [0.2, 0.25) is 0 Å². The van der Waals surface area contributed by atoms with Gasteiger partial charge in [-0.2, -0.15) is 5.10 Å². The van der Waals surface area contributed by atoms with Gasteiger partial charge in [-0.05, 0) is 37.7 Å². The molecule has 1 aromatic heterocycles. The number of rotatable bonds is 5. The van der Waals surface area contributed by atoms with E-state index in [0.29, 0.717) is 12.5 Å². The maximum atomic E-state index is 12.5. The molecule has 1 fully saturated rings. The number of hydrogen-bond acceptors (Lipinski definition) is 4. The lowest BCUT2D eigenvalue weighted by Gasteiger charge is -2.39. The largest absolute Gasteiger partial charge is 0.329 e. The maximum absolute atomic E-state index is 12.5. The Hall–Kier alpha value is -0.920. The van der Waals surface area contributed by atoms with E-state index in [2.05, 4.69) is 16.7 Å². The molecule has 114 valence electrons. The van der Waals surface area contributed by atoms with Gasteiger partial charge in [0.05, 0.1) is 6.20 Å². The first kappa shape index (κ1) is 15.5. The van der Waals surface area contributed by atoms with Crippen molar-refractivity contribution in [2.75, 3.05) is 6.54 Å². The monoisotopic (exact) mass is 300 g/mol. The first-order valence-electron chi connectivity index (χ1n) is 7.14. The molecule has 1 aliphatic carbocycles. The molecule has 0 atom stereocenters. The number of nitrogens with two attached hydrogens (primary N) is 1. The molecule has 6 nitrogen and oxygen atoms in total. The van der Waals surface area contributed by atoms with Crippen molar-refractivity contribution in [1.82, 2.24) is 14.5 Å². The molecule has 0 spiro atoms. The summed E-state index contributed by atoms with van der Waals surface area (Å²) in [5, 5.41) is 4.10. The average Bonchev–Trinajstić information content (AvgIpc) is 2.86. The first-order valence-corrected chi connectivity index (χ1v) is 8.63. The van der Waals surface area contributed by atoms with Gasteiger partial charge < -0.3 is 5.73 Å². The van der Waals surface area contributed by atoms with Crippen LogP contribution in [0, 0.1) is 5.92 Å². The molecule has 2 rings (SSSR count). The molecule has 7 heteroatoms. The maximum Gasteiger partial charge on any atom is 0.258 e. The first-order chi connectivity index (χ1) is 9.42. The molecule has 3 N–H and O–H groups in total. The zero-order valence-electron chi connectivity index (χ0n) is 12.2. The van der Waals surface area contributed by atoms with Crippen molar-refractivity contribution in [3.05, 3.63) is 12.3 Å². The van der Waals surface area contributed by atoms with Gasteiger partial charge in [-0.15, -0.1) is 0 Å². The molecule has 1 heterocycles. The van der Waals surface area contributed by atoms with Crippen LogP contribution in [0.25, 0.3) is 0 Å². The molecule has 20 heavy (non-hydrogen) atoms. The highest BCUT2D eigenvalue weighted by molar-refractivity contribution is 7.89. The summed E-state index contributed by atoms with van der Waals surface area (Å²) in [4.78, 5) is 0. The van der Waals surface area contributed by atoms with Gasteiger partial charge >= 0.3 is 0 Å². The van der Waals surface area contributed by atoms with Crippen LogP contribution in [0.4, 0.5) is 0 Å². The van der Waals surface area contributed by atoms with Gasteiger partial charge in [0.25, 0.3) is 10.0 Å².